The van der Waals surface area contributed by atoms with Crippen LogP contribution < -0.4 is 5.32 Å². The topological polar surface area (TPSA) is 122 Å². The largest absolute Gasteiger partial charge is 0.463 e. The van der Waals surface area contributed by atoms with Crippen LogP contribution in [-0.4, -0.2) is 23.4 Å². The van der Waals surface area contributed by atoms with E-state index in [9.17, 15) is 25.0 Å². The highest BCUT2D eigenvalue weighted by atomic mass is 16.6. The summed E-state index contributed by atoms with van der Waals surface area (Å²) in [5.41, 5.74) is 0.834. The Kier molecular flexibility index (Phi) is 4.94. The summed E-state index contributed by atoms with van der Waals surface area (Å²) < 4.78 is 5.03. The number of nitro groups is 1. The molecule has 2 rings (SSSR count). The quantitative estimate of drug-likeness (QED) is 0.510. The predicted molar refractivity (Wildman–Crippen MR) is 82.4 cm³/mol. The molecular formula is C16H15N3O5. The molecule has 0 saturated heterocycles. The number of nitriles is 1. The molecule has 2 atom stereocenters. The Morgan fingerprint density at radius 2 is 2.04 bits per heavy atom. The number of hydrogen-bond donors (Lipinski definition) is 1. The fraction of sp³-hybridized carbons (Fsp3) is 0.312. The second kappa shape index (κ2) is 6.91. The first-order valence-corrected chi connectivity index (χ1v) is 7.23. The minimum atomic E-state index is -1.13. The number of ether oxygens (including phenoxy) is 1. The molecule has 24 heavy (non-hydrogen) atoms. The van der Waals surface area contributed by atoms with Crippen molar-refractivity contribution in [2.24, 2.45) is 5.92 Å². The van der Waals surface area contributed by atoms with Crippen LogP contribution in [0.2, 0.25) is 0 Å². The van der Waals surface area contributed by atoms with Crippen molar-refractivity contribution in [3.63, 3.8) is 0 Å². The Bertz CT molecular complexity index is 761. The summed E-state index contributed by atoms with van der Waals surface area (Å²) in [6.45, 7) is 3.35. The van der Waals surface area contributed by atoms with E-state index in [1.165, 1.54) is 24.3 Å². The molecule has 1 heterocycles. The van der Waals surface area contributed by atoms with Gasteiger partial charge in [0, 0.05) is 23.7 Å². The van der Waals surface area contributed by atoms with E-state index in [-0.39, 0.29) is 17.9 Å². The lowest BCUT2D eigenvalue weighted by Crippen LogP contribution is -2.41. The fourth-order valence-electron chi connectivity index (χ4n) is 2.67. The van der Waals surface area contributed by atoms with E-state index in [1.807, 2.05) is 6.07 Å². The molecule has 1 aliphatic heterocycles. The van der Waals surface area contributed by atoms with Gasteiger partial charge in [-0.15, -0.1) is 0 Å². The van der Waals surface area contributed by atoms with Gasteiger partial charge in [-0.1, -0.05) is 12.1 Å². The molecule has 0 fully saturated rings. The molecule has 0 aromatic heterocycles. The number of esters is 1. The zero-order valence-electron chi connectivity index (χ0n) is 13.1. The molecule has 2 unspecified atom stereocenters. The lowest BCUT2D eigenvalue weighted by atomic mass is 9.77. The van der Waals surface area contributed by atoms with E-state index in [0.29, 0.717) is 11.3 Å². The normalized spacial score (nSPS) is 20.1. The zero-order chi connectivity index (χ0) is 17.9. The van der Waals surface area contributed by atoms with Crippen molar-refractivity contribution in [1.29, 1.82) is 5.26 Å². The zero-order valence-corrected chi connectivity index (χ0v) is 13.1. The van der Waals surface area contributed by atoms with Gasteiger partial charge >= 0.3 is 5.97 Å². The first-order chi connectivity index (χ1) is 11.4. The fourth-order valence-corrected chi connectivity index (χ4v) is 2.67. The van der Waals surface area contributed by atoms with Crippen LogP contribution in [0.5, 0.6) is 0 Å². The number of non-ortho nitro benzene ring substituents is 1. The van der Waals surface area contributed by atoms with E-state index in [2.05, 4.69) is 5.32 Å². The number of hydrogen-bond acceptors (Lipinski definition) is 6. The minimum absolute atomic E-state index is 0.120. The number of nitrogens with zero attached hydrogens (tertiary/aromatic N) is 2. The predicted octanol–water partition coefficient (Wildman–Crippen LogP) is 1.79. The SMILES string of the molecule is CCOC(=O)C1=C(C)NC(=O)C(C#N)C1c1ccc([N+](=O)[O-])cc1. The molecule has 1 aromatic carbocycles. The van der Waals surface area contributed by atoms with Crippen LogP contribution >= 0.6 is 0 Å². The van der Waals surface area contributed by atoms with Crippen molar-refractivity contribution >= 4 is 17.6 Å². The third-order valence-electron chi connectivity index (χ3n) is 3.74. The van der Waals surface area contributed by atoms with Gasteiger partial charge in [0.05, 0.1) is 23.2 Å². The first kappa shape index (κ1) is 17.1. The number of nitro benzene ring substituents is 1. The van der Waals surface area contributed by atoms with E-state index in [0.717, 1.165) is 0 Å². The second-order valence-electron chi connectivity index (χ2n) is 5.18. The Hall–Kier alpha value is -3.21. The monoisotopic (exact) mass is 329 g/mol. The van der Waals surface area contributed by atoms with Crippen LogP contribution in [-0.2, 0) is 14.3 Å². The summed E-state index contributed by atoms with van der Waals surface area (Å²) >= 11 is 0. The smallest absolute Gasteiger partial charge is 0.336 e. The molecule has 1 amide bonds. The summed E-state index contributed by atoms with van der Waals surface area (Å²) in [6, 6.07) is 7.33. The van der Waals surface area contributed by atoms with E-state index in [1.54, 1.807) is 13.8 Å². The van der Waals surface area contributed by atoms with Crippen LogP contribution in [0.25, 0.3) is 0 Å². The number of carbonyl (C=O) groups is 2. The molecule has 0 spiro atoms. The molecule has 1 N–H and O–H groups in total. The Morgan fingerprint density at radius 1 is 1.42 bits per heavy atom. The van der Waals surface area contributed by atoms with Crippen molar-refractivity contribution in [2.45, 2.75) is 19.8 Å². The van der Waals surface area contributed by atoms with Gasteiger partial charge in [-0.25, -0.2) is 4.79 Å². The molecule has 0 aliphatic carbocycles. The number of nitrogens with one attached hydrogen (secondary N) is 1. The average Bonchev–Trinajstić information content (AvgIpc) is 2.54. The van der Waals surface area contributed by atoms with Gasteiger partial charge < -0.3 is 10.1 Å². The highest BCUT2D eigenvalue weighted by Gasteiger charge is 2.41. The third-order valence-corrected chi connectivity index (χ3v) is 3.74. The maximum absolute atomic E-state index is 12.3. The average molecular weight is 329 g/mol. The Morgan fingerprint density at radius 3 is 2.54 bits per heavy atom. The van der Waals surface area contributed by atoms with Crippen molar-refractivity contribution in [3.8, 4) is 6.07 Å². The molecule has 0 radical (unpaired) electrons. The molecule has 1 aromatic rings. The van der Waals surface area contributed by atoms with Gasteiger partial charge in [-0.2, -0.15) is 5.26 Å². The summed E-state index contributed by atoms with van der Waals surface area (Å²) in [5, 5.41) is 22.6. The maximum Gasteiger partial charge on any atom is 0.336 e. The minimum Gasteiger partial charge on any atom is -0.463 e. The van der Waals surface area contributed by atoms with Crippen LogP contribution in [0.15, 0.2) is 35.5 Å². The van der Waals surface area contributed by atoms with Gasteiger partial charge in [0.2, 0.25) is 5.91 Å². The van der Waals surface area contributed by atoms with Crippen molar-refractivity contribution in [2.75, 3.05) is 6.61 Å². The van der Waals surface area contributed by atoms with Crippen molar-refractivity contribution in [1.82, 2.24) is 5.32 Å². The van der Waals surface area contributed by atoms with Gasteiger partial charge in [-0.3, -0.25) is 14.9 Å². The van der Waals surface area contributed by atoms with Gasteiger partial charge in [0.25, 0.3) is 5.69 Å². The molecule has 8 nitrogen and oxygen atoms in total. The summed E-state index contributed by atoms with van der Waals surface area (Å²) in [6.07, 6.45) is 0. The molecule has 1 aliphatic rings. The lowest BCUT2D eigenvalue weighted by Gasteiger charge is -2.30. The number of rotatable bonds is 4. The lowest BCUT2D eigenvalue weighted by molar-refractivity contribution is -0.384. The van der Waals surface area contributed by atoms with E-state index >= 15 is 0 Å². The summed E-state index contributed by atoms with van der Waals surface area (Å²) in [7, 11) is 0. The molecular weight excluding hydrogens is 314 g/mol. The van der Waals surface area contributed by atoms with Crippen molar-refractivity contribution < 1.29 is 19.2 Å². The van der Waals surface area contributed by atoms with Crippen LogP contribution in [0, 0.1) is 27.4 Å². The highest BCUT2D eigenvalue weighted by Crippen LogP contribution is 2.37. The number of benzene rings is 1. The Balaban J connectivity index is 2.56. The second-order valence-corrected chi connectivity index (χ2v) is 5.18. The number of carbonyl (C=O) groups excluding carboxylic acids is 2. The molecule has 0 saturated carbocycles. The van der Waals surface area contributed by atoms with Crippen molar-refractivity contribution in [3.05, 3.63) is 51.2 Å². The van der Waals surface area contributed by atoms with Crippen LogP contribution in [0.4, 0.5) is 5.69 Å². The molecule has 124 valence electrons. The highest BCUT2D eigenvalue weighted by molar-refractivity contribution is 5.97. The molecule has 8 heteroatoms. The van der Waals surface area contributed by atoms with Crippen LogP contribution in [0.3, 0.4) is 0 Å². The van der Waals surface area contributed by atoms with E-state index < -0.39 is 28.6 Å². The third kappa shape index (κ3) is 3.10. The standard InChI is InChI=1S/C16H15N3O5/c1-3-24-16(21)13-9(2)18-15(20)12(8-17)14(13)10-4-6-11(7-5-10)19(22)23/h4-7,12,14H,3H2,1-2H3,(H,18,20). The molecule has 0 bridgehead atoms. The Labute approximate surface area is 137 Å². The maximum atomic E-state index is 12.3. The van der Waals surface area contributed by atoms with Crippen LogP contribution in [0.1, 0.15) is 25.3 Å². The number of amides is 1. The van der Waals surface area contributed by atoms with Gasteiger partial charge in [0.15, 0.2) is 0 Å². The van der Waals surface area contributed by atoms with Gasteiger partial charge in [0.1, 0.15) is 5.92 Å². The van der Waals surface area contributed by atoms with E-state index in [4.69, 9.17) is 4.74 Å². The first-order valence-electron chi connectivity index (χ1n) is 7.23. The summed E-state index contributed by atoms with van der Waals surface area (Å²) in [4.78, 5) is 34.6. The number of allylic oxidation sites excluding steroid dienone is 1. The summed E-state index contributed by atoms with van der Waals surface area (Å²) in [5.74, 6) is -3.12. The van der Waals surface area contributed by atoms with Gasteiger partial charge in [-0.05, 0) is 19.4 Å².